The van der Waals surface area contributed by atoms with Crippen LogP contribution in [0, 0.1) is 5.41 Å². The van der Waals surface area contributed by atoms with Gasteiger partial charge in [-0.15, -0.1) is 0 Å². The lowest BCUT2D eigenvalue weighted by atomic mass is 9.70. The summed E-state index contributed by atoms with van der Waals surface area (Å²) in [4.78, 5) is 0. The van der Waals surface area contributed by atoms with Crippen molar-refractivity contribution in [2.24, 2.45) is 0 Å². The van der Waals surface area contributed by atoms with Crippen LogP contribution in [-0.2, 0) is 12.0 Å². The molecule has 0 saturated heterocycles. The highest BCUT2D eigenvalue weighted by Crippen LogP contribution is 2.63. The molecular formula is C58H39N3O2. The second kappa shape index (κ2) is 13.8. The Balaban J connectivity index is 0.891. The van der Waals surface area contributed by atoms with Gasteiger partial charge in [0.1, 0.15) is 34.3 Å². The number of rotatable bonds is 7. The fraction of sp³-hybridized carbons (Fsp3) is 0.0517. The standard InChI is InChI=1S/C58H39N3O2/c59-56(61-57(35-14-2-1-3-15-35)60-34-38-16-12-26-52-54(38)43-20-7-11-25-50(43)62-52)44-21-13-27-53-55(44)45-32-36(29-31-51(45)63-53)37-28-30-42-41-19-6-10-24-48(41)58(49(42)33-37)46-22-8-4-17-39(46)40-18-5-9-23-47(40)58/h1-33,57,60H,34H2,(H2,59,61). The smallest absolute Gasteiger partial charge is 0.136 e. The zero-order valence-electron chi connectivity index (χ0n) is 34.2. The Morgan fingerprint density at radius 1 is 0.460 bits per heavy atom. The lowest BCUT2D eigenvalue weighted by molar-refractivity contribution is 0.505. The molecular weight excluding hydrogens is 771 g/mol. The first kappa shape index (κ1) is 35.7. The molecule has 2 aliphatic carbocycles. The Morgan fingerprint density at radius 2 is 1.02 bits per heavy atom. The van der Waals surface area contributed by atoms with Crippen molar-refractivity contribution in [3.05, 3.63) is 239 Å². The summed E-state index contributed by atoms with van der Waals surface area (Å²) in [6, 6.07) is 71.0. The van der Waals surface area contributed by atoms with E-state index >= 15 is 0 Å². The third-order valence-electron chi connectivity index (χ3n) is 13.5. The van der Waals surface area contributed by atoms with Crippen molar-refractivity contribution in [3.8, 4) is 33.4 Å². The number of fused-ring (bicyclic) bond motifs is 16. The van der Waals surface area contributed by atoms with Gasteiger partial charge in [-0.25, -0.2) is 0 Å². The molecule has 5 heteroatoms. The number of hydrogen-bond acceptors (Lipinski definition) is 4. The van der Waals surface area contributed by atoms with Gasteiger partial charge in [-0.3, -0.25) is 10.7 Å². The largest absolute Gasteiger partial charge is 0.456 e. The third-order valence-corrected chi connectivity index (χ3v) is 13.5. The third kappa shape index (κ3) is 5.24. The molecule has 2 aromatic heterocycles. The van der Waals surface area contributed by atoms with E-state index in [1.165, 1.54) is 44.5 Å². The maximum Gasteiger partial charge on any atom is 0.136 e. The Bertz CT molecular complexity index is 3590. The quantitative estimate of drug-likeness (QED) is 0.0852. The van der Waals surface area contributed by atoms with E-state index in [0.29, 0.717) is 12.4 Å². The molecule has 11 aromatic rings. The number of para-hydroxylation sites is 1. The van der Waals surface area contributed by atoms with Crippen LogP contribution in [0.5, 0.6) is 0 Å². The number of nitrogens with one attached hydrogen (secondary N) is 3. The van der Waals surface area contributed by atoms with Crippen molar-refractivity contribution in [2.75, 3.05) is 0 Å². The first-order valence-corrected chi connectivity index (χ1v) is 21.6. The van der Waals surface area contributed by atoms with Crippen LogP contribution in [0.4, 0.5) is 0 Å². The molecule has 2 aliphatic rings. The Kier molecular flexibility index (Phi) is 7.81. The molecule has 1 spiro atoms. The summed E-state index contributed by atoms with van der Waals surface area (Å²) in [5.74, 6) is 0.304. The van der Waals surface area contributed by atoms with E-state index < -0.39 is 5.41 Å². The van der Waals surface area contributed by atoms with Crippen LogP contribution in [0.15, 0.2) is 209 Å². The van der Waals surface area contributed by atoms with Gasteiger partial charge in [0, 0.05) is 33.7 Å². The summed E-state index contributed by atoms with van der Waals surface area (Å²) in [7, 11) is 0. The Labute approximate surface area is 363 Å². The first-order valence-electron chi connectivity index (χ1n) is 21.6. The number of furan rings is 2. The van der Waals surface area contributed by atoms with Crippen LogP contribution in [0.2, 0.25) is 0 Å². The highest BCUT2D eigenvalue weighted by atomic mass is 16.3. The van der Waals surface area contributed by atoms with Crippen LogP contribution < -0.4 is 10.6 Å². The van der Waals surface area contributed by atoms with Crippen LogP contribution in [0.3, 0.4) is 0 Å². The van der Waals surface area contributed by atoms with Crippen LogP contribution >= 0.6 is 0 Å². The molecule has 0 amide bonds. The highest BCUT2D eigenvalue weighted by Gasteiger charge is 2.51. The van der Waals surface area contributed by atoms with Gasteiger partial charge in [0.25, 0.3) is 0 Å². The van der Waals surface area contributed by atoms with Crippen molar-refractivity contribution in [2.45, 2.75) is 18.1 Å². The second-order valence-corrected chi connectivity index (χ2v) is 16.8. The fourth-order valence-corrected chi connectivity index (χ4v) is 10.8. The van der Waals surface area contributed by atoms with Crippen molar-refractivity contribution in [1.82, 2.24) is 10.6 Å². The molecule has 1 unspecified atom stereocenters. The van der Waals surface area contributed by atoms with Crippen molar-refractivity contribution >= 4 is 49.7 Å². The lowest BCUT2D eigenvalue weighted by Gasteiger charge is -2.30. The molecule has 3 N–H and O–H groups in total. The van der Waals surface area contributed by atoms with E-state index in [-0.39, 0.29) is 6.17 Å². The topological polar surface area (TPSA) is 74.2 Å². The minimum absolute atomic E-state index is 0.304. The molecule has 2 heterocycles. The Hall–Kier alpha value is -7.99. The maximum absolute atomic E-state index is 9.67. The summed E-state index contributed by atoms with van der Waals surface area (Å²) in [6.07, 6.45) is -0.357. The summed E-state index contributed by atoms with van der Waals surface area (Å²) in [5, 5.41) is 21.1. The average molecular weight is 810 g/mol. The molecule has 13 rings (SSSR count). The van der Waals surface area contributed by atoms with Crippen LogP contribution in [0.25, 0.3) is 77.3 Å². The van der Waals surface area contributed by atoms with Gasteiger partial charge in [0.15, 0.2) is 0 Å². The summed E-state index contributed by atoms with van der Waals surface area (Å²) >= 11 is 0. The molecule has 1 atom stereocenters. The van der Waals surface area contributed by atoms with E-state index in [1.807, 2.05) is 60.7 Å². The van der Waals surface area contributed by atoms with Crippen LogP contribution in [0.1, 0.15) is 45.1 Å². The van der Waals surface area contributed by atoms with Gasteiger partial charge in [-0.2, -0.15) is 0 Å². The molecule has 5 nitrogen and oxygen atoms in total. The first-order chi connectivity index (χ1) is 31.1. The van der Waals surface area contributed by atoms with Gasteiger partial charge in [0.05, 0.1) is 5.41 Å². The van der Waals surface area contributed by atoms with Crippen molar-refractivity contribution in [1.29, 1.82) is 5.41 Å². The van der Waals surface area contributed by atoms with Crippen LogP contribution in [-0.4, -0.2) is 5.84 Å². The van der Waals surface area contributed by atoms with Crippen molar-refractivity contribution in [3.63, 3.8) is 0 Å². The minimum atomic E-state index is -0.419. The van der Waals surface area contributed by atoms with Crippen molar-refractivity contribution < 1.29 is 8.83 Å². The van der Waals surface area contributed by atoms with E-state index in [4.69, 9.17) is 8.83 Å². The van der Waals surface area contributed by atoms with Gasteiger partial charge < -0.3 is 14.2 Å². The molecule has 0 fully saturated rings. The zero-order chi connectivity index (χ0) is 41.6. The molecule has 0 bridgehead atoms. The molecule has 0 saturated carbocycles. The number of benzene rings is 9. The molecule has 0 radical (unpaired) electrons. The molecule has 63 heavy (non-hydrogen) atoms. The van der Waals surface area contributed by atoms with Gasteiger partial charge in [-0.1, -0.05) is 164 Å². The predicted octanol–water partition coefficient (Wildman–Crippen LogP) is 13.9. The minimum Gasteiger partial charge on any atom is -0.456 e. The number of hydrogen-bond donors (Lipinski definition) is 3. The van der Waals surface area contributed by atoms with E-state index in [1.54, 1.807) is 0 Å². The summed E-state index contributed by atoms with van der Waals surface area (Å²) < 4.78 is 12.7. The van der Waals surface area contributed by atoms with E-state index in [9.17, 15) is 5.41 Å². The lowest BCUT2D eigenvalue weighted by Crippen LogP contribution is -2.38. The monoisotopic (exact) mass is 809 g/mol. The van der Waals surface area contributed by atoms with Gasteiger partial charge in [-0.05, 0) is 103 Å². The summed E-state index contributed by atoms with van der Waals surface area (Å²) in [5.41, 5.74) is 18.5. The molecule has 9 aromatic carbocycles. The average Bonchev–Trinajstić information content (AvgIpc) is 4.08. The van der Waals surface area contributed by atoms with E-state index in [2.05, 4.69) is 150 Å². The predicted molar refractivity (Wildman–Crippen MR) is 255 cm³/mol. The van der Waals surface area contributed by atoms with Gasteiger partial charge in [0.2, 0.25) is 0 Å². The maximum atomic E-state index is 9.67. The fourth-order valence-electron chi connectivity index (χ4n) is 10.8. The van der Waals surface area contributed by atoms with E-state index in [0.717, 1.165) is 71.7 Å². The summed E-state index contributed by atoms with van der Waals surface area (Å²) in [6.45, 7) is 0.563. The van der Waals surface area contributed by atoms with Gasteiger partial charge >= 0.3 is 0 Å². The second-order valence-electron chi connectivity index (χ2n) is 16.8. The highest BCUT2D eigenvalue weighted by molar-refractivity contribution is 6.17. The Morgan fingerprint density at radius 3 is 1.75 bits per heavy atom. The zero-order valence-corrected chi connectivity index (χ0v) is 34.2. The molecule has 0 aliphatic heterocycles. The normalized spacial score (nSPS) is 13.7. The number of amidine groups is 1. The SMILES string of the molecule is N=C(NC(NCc1cccc2oc3ccccc3c12)c1ccccc1)c1cccc2oc3ccc(-c4ccc5c(c4)C4(c6ccccc6-c6ccccc64)c4ccccc4-5)cc3c12. The molecule has 298 valence electrons.